The van der Waals surface area contributed by atoms with E-state index in [9.17, 15) is 4.79 Å². The molecule has 1 saturated carbocycles. The molecule has 1 saturated heterocycles. The summed E-state index contributed by atoms with van der Waals surface area (Å²) in [7, 11) is 0. The van der Waals surface area contributed by atoms with Gasteiger partial charge in [-0.1, -0.05) is 45.4 Å². The van der Waals surface area contributed by atoms with E-state index in [4.69, 9.17) is 9.47 Å². The van der Waals surface area contributed by atoms with Crippen molar-refractivity contribution in [3.05, 3.63) is 30.3 Å². The highest BCUT2D eigenvalue weighted by Crippen LogP contribution is 2.39. The van der Waals surface area contributed by atoms with E-state index in [1.165, 1.54) is 12.8 Å². The zero-order valence-electron chi connectivity index (χ0n) is 14.8. The molecule has 0 N–H and O–H groups in total. The number of cyclic esters (lactones) is 1. The molecule has 5 atom stereocenters. The molecule has 1 aromatic carbocycles. The number of carbonyl (C=O) groups is 1. The van der Waals surface area contributed by atoms with Gasteiger partial charge < -0.3 is 9.47 Å². The predicted molar refractivity (Wildman–Crippen MR) is 96.8 cm³/mol. The van der Waals surface area contributed by atoms with Gasteiger partial charge in [-0.05, 0) is 42.7 Å². The van der Waals surface area contributed by atoms with Gasteiger partial charge in [0.15, 0.2) is 0 Å². The van der Waals surface area contributed by atoms with Gasteiger partial charge in [0.05, 0.1) is 17.8 Å². The number of esters is 1. The molecule has 24 heavy (non-hydrogen) atoms. The molecular weight excluding hydrogens is 320 g/mol. The van der Waals surface area contributed by atoms with E-state index in [-0.39, 0.29) is 17.3 Å². The van der Waals surface area contributed by atoms with Crippen LogP contribution in [0, 0.1) is 17.8 Å². The smallest absolute Gasteiger partial charge is 0.309 e. The predicted octanol–water partition coefficient (Wildman–Crippen LogP) is 4.90. The van der Waals surface area contributed by atoms with E-state index < -0.39 is 6.29 Å². The van der Waals surface area contributed by atoms with Crippen molar-refractivity contribution in [2.24, 2.45) is 17.8 Å². The van der Waals surface area contributed by atoms with Gasteiger partial charge in [-0.3, -0.25) is 4.79 Å². The lowest BCUT2D eigenvalue weighted by Crippen LogP contribution is -2.39. The third-order valence-electron chi connectivity index (χ3n) is 5.22. The summed E-state index contributed by atoms with van der Waals surface area (Å²) in [4.78, 5) is 13.0. The first kappa shape index (κ1) is 17.8. The lowest BCUT2D eigenvalue weighted by atomic mass is 9.75. The topological polar surface area (TPSA) is 35.5 Å². The first-order chi connectivity index (χ1) is 11.5. The molecule has 0 amide bonds. The Morgan fingerprint density at radius 2 is 1.96 bits per heavy atom. The minimum atomic E-state index is -0.417. The van der Waals surface area contributed by atoms with Crippen LogP contribution in [0.2, 0.25) is 0 Å². The Bertz CT molecular complexity index is 545. The molecular formula is C20H28O3S. The maximum Gasteiger partial charge on any atom is 0.309 e. The van der Waals surface area contributed by atoms with E-state index in [0.717, 1.165) is 11.3 Å². The Morgan fingerprint density at radius 3 is 2.67 bits per heavy atom. The van der Waals surface area contributed by atoms with Gasteiger partial charge in [-0.2, -0.15) is 0 Å². The largest absolute Gasteiger partial charge is 0.434 e. The van der Waals surface area contributed by atoms with Crippen molar-refractivity contribution in [3.8, 4) is 0 Å². The maximum atomic E-state index is 11.9. The monoisotopic (exact) mass is 348 g/mol. The summed E-state index contributed by atoms with van der Waals surface area (Å²) in [5.41, 5.74) is 0. The van der Waals surface area contributed by atoms with Gasteiger partial charge in [-0.15, -0.1) is 11.8 Å². The fourth-order valence-electron chi connectivity index (χ4n) is 3.84. The second-order valence-corrected chi connectivity index (χ2v) is 8.84. The first-order valence-electron chi connectivity index (χ1n) is 9.09. The Balaban J connectivity index is 1.68. The summed E-state index contributed by atoms with van der Waals surface area (Å²) in [6.07, 6.45) is 3.76. The maximum absolute atomic E-state index is 11.9. The third kappa shape index (κ3) is 4.34. The number of thioether (sulfide) groups is 1. The Kier molecular flexibility index (Phi) is 5.88. The highest BCUT2D eigenvalue weighted by atomic mass is 32.2. The number of hydrogen-bond donors (Lipinski definition) is 0. The summed E-state index contributed by atoms with van der Waals surface area (Å²) in [6, 6.07) is 10.2. The number of ether oxygens (including phenoxy) is 2. The third-order valence-corrected chi connectivity index (χ3v) is 6.46. The molecule has 0 unspecified atom stereocenters. The summed E-state index contributed by atoms with van der Waals surface area (Å²) in [5.74, 6) is 1.70. The van der Waals surface area contributed by atoms with Crippen LogP contribution in [0.3, 0.4) is 0 Å². The van der Waals surface area contributed by atoms with Crippen molar-refractivity contribution in [2.45, 2.75) is 69.0 Å². The first-order valence-corrected chi connectivity index (χ1v) is 9.97. The van der Waals surface area contributed by atoms with E-state index >= 15 is 0 Å². The minimum absolute atomic E-state index is 0.0462. The molecule has 1 aromatic rings. The fourth-order valence-corrected chi connectivity index (χ4v) is 4.96. The van der Waals surface area contributed by atoms with Crippen molar-refractivity contribution < 1.29 is 14.3 Å². The Hall–Kier alpha value is -1.00. The SMILES string of the molecule is CC(C)[C@@H]1CC[C@@H](C)C[C@H]1O[C@@H]1OC(=O)C[C@H]1Sc1ccccc1. The van der Waals surface area contributed by atoms with Crippen LogP contribution in [0.15, 0.2) is 35.2 Å². The van der Waals surface area contributed by atoms with Crippen LogP contribution in [0.5, 0.6) is 0 Å². The van der Waals surface area contributed by atoms with Gasteiger partial charge in [0.25, 0.3) is 0 Å². The molecule has 4 heteroatoms. The Morgan fingerprint density at radius 1 is 1.21 bits per heavy atom. The van der Waals surface area contributed by atoms with Crippen LogP contribution in [0.25, 0.3) is 0 Å². The van der Waals surface area contributed by atoms with Crippen LogP contribution >= 0.6 is 11.8 Å². The zero-order valence-corrected chi connectivity index (χ0v) is 15.6. The highest BCUT2D eigenvalue weighted by Gasteiger charge is 2.41. The van der Waals surface area contributed by atoms with Crippen molar-refractivity contribution in [1.82, 2.24) is 0 Å². The van der Waals surface area contributed by atoms with Crippen molar-refractivity contribution in [2.75, 3.05) is 0 Å². The average Bonchev–Trinajstić information content (AvgIpc) is 2.87. The average molecular weight is 349 g/mol. The molecule has 2 aliphatic rings. The second-order valence-electron chi connectivity index (χ2n) is 7.53. The fraction of sp³-hybridized carbons (Fsp3) is 0.650. The minimum Gasteiger partial charge on any atom is -0.434 e. The van der Waals surface area contributed by atoms with Gasteiger partial charge in [0.2, 0.25) is 6.29 Å². The summed E-state index contributed by atoms with van der Waals surface area (Å²) >= 11 is 1.69. The molecule has 1 aliphatic heterocycles. The molecule has 132 valence electrons. The molecule has 0 aromatic heterocycles. The van der Waals surface area contributed by atoms with Crippen LogP contribution in [0.4, 0.5) is 0 Å². The van der Waals surface area contributed by atoms with Crippen molar-refractivity contribution in [1.29, 1.82) is 0 Å². The van der Waals surface area contributed by atoms with Gasteiger partial charge in [0, 0.05) is 4.90 Å². The van der Waals surface area contributed by atoms with E-state index in [1.54, 1.807) is 11.8 Å². The van der Waals surface area contributed by atoms with Gasteiger partial charge >= 0.3 is 5.97 Å². The quantitative estimate of drug-likeness (QED) is 0.709. The van der Waals surface area contributed by atoms with Crippen molar-refractivity contribution in [3.63, 3.8) is 0 Å². The molecule has 0 bridgehead atoms. The zero-order chi connectivity index (χ0) is 17.1. The molecule has 1 heterocycles. The lowest BCUT2D eigenvalue weighted by Gasteiger charge is -2.38. The standard InChI is InChI=1S/C20H28O3S/c1-13(2)16-10-9-14(3)11-17(16)22-20-18(12-19(21)23-20)24-15-7-5-4-6-8-15/h4-8,13-14,16-18,20H,9-12H2,1-3H3/t14-,16+,17-,18-,20-/m1/s1. The highest BCUT2D eigenvalue weighted by molar-refractivity contribution is 8.00. The van der Waals surface area contributed by atoms with Gasteiger partial charge in [0.1, 0.15) is 0 Å². The molecule has 0 spiro atoms. The van der Waals surface area contributed by atoms with Crippen LogP contribution < -0.4 is 0 Å². The van der Waals surface area contributed by atoms with E-state index in [0.29, 0.717) is 24.2 Å². The van der Waals surface area contributed by atoms with Gasteiger partial charge in [-0.25, -0.2) is 0 Å². The summed E-state index contributed by atoms with van der Waals surface area (Å²) in [5, 5.41) is 0.0462. The molecule has 1 aliphatic carbocycles. The van der Waals surface area contributed by atoms with Crippen LogP contribution in [-0.2, 0) is 14.3 Å². The van der Waals surface area contributed by atoms with E-state index in [1.807, 2.05) is 18.2 Å². The number of rotatable bonds is 5. The normalized spacial score (nSPS) is 33.7. The summed E-state index contributed by atoms with van der Waals surface area (Å²) in [6.45, 7) is 6.84. The van der Waals surface area contributed by atoms with E-state index in [2.05, 4.69) is 32.9 Å². The second kappa shape index (κ2) is 7.92. The Labute approximate surface area is 149 Å². The van der Waals surface area contributed by atoms with Crippen LogP contribution in [-0.4, -0.2) is 23.6 Å². The van der Waals surface area contributed by atoms with Crippen LogP contribution in [0.1, 0.15) is 46.5 Å². The molecule has 3 rings (SSSR count). The molecule has 0 radical (unpaired) electrons. The molecule has 2 fully saturated rings. The number of carbonyl (C=O) groups excluding carboxylic acids is 1. The summed E-state index contributed by atoms with van der Waals surface area (Å²) < 4.78 is 11.9. The molecule has 3 nitrogen and oxygen atoms in total. The number of benzene rings is 1. The number of hydrogen-bond acceptors (Lipinski definition) is 4. The van der Waals surface area contributed by atoms with Crippen molar-refractivity contribution >= 4 is 17.7 Å². The lowest BCUT2D eigenvalue weighted by molar-refractivity contribution is -0.185.